The van der Waals surface area contributed by atoms with Gasteiger partial charge in [0.1, 0.15) is 5.82 Å². The van der Waals surface area contributed by atoms with E-state index in [1.165, 1.54) is 18.5 Å². The summed E-state index contributed by atoms with van der Waals surface area (Å²) in [5.74, 6) is 2.15. The molecule has 1 aromatic rings. The van der Waals surface area contributed by atoms with Gasteiger partial charge < -0.3 is 4.57 Å². The predicted molar refractivity (Wildman–Crippen MR) is 47.5 cm³/mol. The molecule has 1 fully saturated rings. The molecule has 1 aliphatic carbocycles. The average Bonchev–Trinajstić information content (AvgIpc) is 2.87. The van der Waals surface area contributed by atoms with Gasteiger partial charge in [-0.1, -0.05) is 0 Å². The number of carbonyl (C=O) groups is 1. The highest BCUT2D eigenvalue weighted by Gasteiger charge is 2.28. The summed E-state index contributed by atoms with van der Waals surface area (Å²) in [6, 6.07) is 0. The Bertz CT molecular complexity index is 363. The molecule has 0 spiro atoms. The van der Waals surface area contributed by atoms with E-state index in [4.69, 9.17) is 0 Å². The Hall–Kier alpha value is -1.12. The molecule has 3 heteroatoms. The topological polar surface area (TPSA) is 34.9 Å². The van der Waals surface area contributed by atoms with Crippen LogP contribution < -0.4 is 0 Å². The van der Waals surface area contributed by atoms with Crippen molar-refractivity contribution in [1.29, 1.82) is 0 Å². The van der Waals surface area contributed by atoms with Gasteiger partial charge in [0.25, 0.3) is 0 Å². The lowest BCUT2D eigenvalue weighted by Crippen LogP contribution is -2.18. The molecule has 0 bridgehead atoms. The lowest BCUT2D eigenvalue weighted by molar-refractivity contribution is -0.120. The predicted octanol–water partition coefficient (Wildman–Crippen LogP) is 1.28. The van der Waals surface area contributed by atoms with Crippen LogP contribution in [0.4, 0.5) is 0 Å². The second kappa shape index (κ2) is 2.44. The van der Waals surface area contributed by atoms with Crippen molar-refractivity contribution in [2.45, 2.75) is 38.1 Å². The molecule has 0 saturated heterocycles. The van der Waals surface area contributed by atoms with Gasteiger partial charge in [0, 0.05) is 25.0 Å². The summed E-state index contributed by atoms with van der Waals surface area (Å²) < 4.78 is 2.03. The summed E-state index contributed by atoms with van der Waals surface area (Å²) in [4.78, 5) is 15.7. The van der Waals surface area contributed by atoms with Crippen molar-refractivity contribution in [1.82, 2.24) is 9.55 Å². The van der Waals surface area contributed by atoms with Gasteiger partial charge in [-0.3, -0.25) is 4.79 Å². The number of Topliss-reactive ketones (excluding diaryl/α,β-unsaturated/α-hetero) is 1. The fourth-order valence-electron chi connectivity index (χ4n) is 1.91. The number of imidazole rings is 1. The molecule has 1 aliphatic heterocycles. The van der Waals surface area contributed by atoms with E-state index in [1.54, 1.807) is 0 Å². The SMILES string of the molecule is O=C1CCc2nc(C3CC3)cn2C1. The van der Waals surface area contributed by atoms with Crippen LogP contribution in [0.25, 0.3) is 0 Å². The second-order valence-corrected chi connectivity index (χ2v) is 4.02. The summed E-state index contributed by atoms with van der Waals surface area (Å²) in [5.41, 5.74) is 1.21. The van der Waals surface area contributed by atoms with Crippen molar-refractivity contribution in [3.05, 3.63) is 17.7 Å². The Morgan fingerprint density at radius 1 is 1.38 bits per heavy atom. The fourth-order valence-corrected chi connectivity index (χ4v) is 1.91. The Morgan fingerprint density at radius 2 is 2.23 bits per heavy atom. The van der Waals surface area contributed by atoms with Crippen LogP contribution in [0.3, 0.4) is 0 Å². The summed E-state index contributed by atoms with van der Waals surface area (Å²) in [7, 11) is 0. The number of ketones is 1. The Kier molecular flexibility index (Phi) is 1.37. The third-order valence-electron chi connectivity index (χ3n) is 2.85. The van der Waals surface area contributed by atoms with Gasteiger partial charge in [-0.2, -0.15) is 0 Å². The maximum atomic E-state index is 11.2. The number of hydrogen-bond acceptors (Lipinski definition) is 2. The molecule has 0 radical (unpaired) electrons. The van der Waals surface area contributed by atoms with Crippen LogP contribution in [0.15, 0.2) is 6.20 Å². The lowest BCUT2D eigenvalue weighted by Gasteiger charge is -2.11. The van der Waals surface area contributed by atoms with Gasteiger partial charge >= 0.3 is 0 Å². The third-order valence-corrected chi connectivity index (χ3v) is 2.85. The van der Waals surface area contributed by atoms with Crippen molar-refractivity contribution >= 4 is 5.78 Å². The number of aromatic nitrogens is 2. The summed E-state index contributed by atoms with van der Waals surface area (Å²) in [6.07, 6.45) is 6.16. The average molecular weight is 176 g/mol. The normalized spacial score (nSPS) is 21.7. The van der Waals surface area contributed by atoms with Crippen molar-refractivity contribution < 1.29 is 4.79 Å². The largest absolute Gasteiger partial charge is 0.327 e. The van der Waals surface area contributed by atoms with E-state index in [2.05, 4.69) is 11.2 Å². The van der Waals surface area contributed by atoms with Crippen LogP contribution in [0.1, 0.15) is 36.7 Å². The minimum atomic E-state index is 0.340. The molecule has 3 nitrogen and oxygen atoms in total. The Balaban J connectivity index is 1.97. The molecule has 2 heterocycles. The van der Waals surface area contributed by atoms with E-state index < -0.39 is 0 Å². The monoisotopic (exact) mass is 176 g/mol. The maximum absolute atomic E-state index is 11.2. The number of carbonyl (C=O) groups excluding carboxylic acids is 1. The minimum Gasteiger partial charge on any atom is -0.327 e. The highest BCUT2D eigenvalue weighted by Crippen LogP contribution is 2.39. The quantitative estimate of drug-likeness (QED) is 0.646. The van der Waals surface area contributed by atoms with Crippen LogP contribution >= 0.6 is 0 Å². The first-order valence-electron chi connectivity index (χ1n) is 4.90. The zero-order chi connectivity index (χ0) is 8.84. The van der Waals surface area contributed by atoms with Crippen molar-refractivity contribution in [3.8, 4) is 0 Å². The minimum absolute atomic E-state index is 0.340. The summed E-state index contributed by atoms with van der Waals surface area (Å²) >= 11 is 0. The molecule has 68 valence electrons. The maximum Gasteiger partial charge on any atom is 0.153 e. The molecule has 3 rings (SSSR count). The van der Waals surface area contributed by atoms with Crippen LogP contribution in [-0.2, 0) is 17.8 Å². The Morgan fingerprint density at radius 3 is 3.00 bits per heavy atom. The van der Waals surface area contributed by atoms with Crippen molar-refractivity contribution in [2.24, 2.45) is 0 Å². The molecule has 1 saturated carbocycles. The first-order valence-corrected chi connectivity index (χ1v) is 4.90. The van der Waals surface area contributed by atoms with Gasteiger partial charge in [-0.05, 0) is 12.8 Å². The van der Waals surface area contributed by atoms with Gasteiger partial charge in [-0.25, -0.2) is 4.98 Å². The molecular weight excluding hydrogens is 164 g/mol. The smallest absolute Gasteiger partial charge is 0.153 e. The van der Waals surface area contributed by atoms with Crippen LogP contribution in [0.2, 0.25) is 0 Å². The van der Waals surface area contributed by atoms with E-state index in [1.807, 2.05) is 4.57 Å². The molecule has 0 amide bonds. The molecule has 0 N–H and O–H groups in total. The molecule has 13 heavy (non-hydrogen) atoms. The molecular formula is C10H12N2O. The standard InChI is InChI=1S/C10H12N2O/c13-8-3-4-10-11-9(7-1-2-7)6-12(10)5-8/h6-7H,1-5H2. The van der Waals surface area contributed by atoms with Gasteiger partial charge in [-0.15, -0.1) is 0 Å². The zero-order valence-corrected chi connectivity index (χ0v) is 7.49. The van der Waals surface area contributed by atoms with E-state index in [0.717, 1.165) is 12.2 Å². The number of rotatable bonds is 1. The fraction of sp³-hybridized carbons (Fsp3) is 0.600. The van der Waals surface area contributed by atoms with Crippen LogP contribution in [0.5, 0.6) is 0 Å². The summed E-state index contributed by atoms with van der Waals surface area (Å²) in [6.45, 7) is 0.551. The highest BCUT2D eigenvalue weighted by atomic mass is 16.1. The first-order chi connectivity index (χ1) is 6.33. The van der Waals surface area contributed by atoms with Gasteiger partial charge in [0.05, 0.1) is 12.2 Å². The summed E-state index contributed by atoms with van der Waals surface area (Å²) in [5, 5.41) is 0. The van der Waals surface area contributed by atoms with E-state index in [0.29, 0.717) is 24.7 Å². The number of nitrogens with zero attached hydrogens (tertiary/aromatic N) is 2. The van der Waals surface area contributed by atoms with Crippen molar-refractivity contribution in [3.63, 3.8) is 0 Å². The van der Waals surface area contributed by atoms with Gasteiger partial charge in [0.2, 0.25) is 0 Å². The molecule has 0 unspecified atom stereocenters. The van der Waals surface area contributed by atoms with Gasteiger partial charge in [0.15, 0.2) is 5.78 Å². The van der Waals surface area contributed by atoms with E-state index in [9.17, 15) is 4.79 Å². The first kappa shape index (κ1) is 7.30. The lowest BCUT2D eigenvalue weighted by atomic mass is 10.1. The van der Waals surface area contributed by atoms with E-state index >= 15 is 0 Å². The molecule has 1 aromatic heterocycles. The highest BCUT2D eigenvalue weighted by molar-refractivity contribution is 5.79. The molecule has 0 aromatic carbocycles. The van der Waals surface area contributed by atoms with E-state index in [-0.39, 0.29) is 0 Å². The molecule has 2 aliphatic rings. The van der Waals surface area contributed by atoms with Crippen LogP contribution in [0, 0.1) is 0 Å². The van der Waals surface area contributed by atoms with Crippen molar-refractivity contribution in [2.75, 3.05) is 0 Å². The zero-order valence-electron chi connectivity index (χ0n) is 7.49. The van der Waals surface area contributed by atoms with Crippen LogP contribution in [-0.4, -0.2) is 15.3 Å². The number of aryl methyl sites for hydroxylation is 1. The Labute approximate surface area is 76.8 Å². The number of hydrogen-bond donors (Lipinski definition) is 0. The number of fused-ring (bicyclic) bond motifs is 1. The third kappa shape index (κ3) is 1.19. The second-order valence-electron chi connectivity index (χ2n) is 4.02. The molecule has 0 atom stereocenters.